The van der Waals surface area contributed by atoms with Crippen molar-refractivity contribution in [2.45, 2.75) is 255 Å². The van der Waals surface area contributed by atoms with E-state index in [0.29, 0.717) is 42.1 Å². The topological polar surface area (TPSA) is 161 Å². The summed E-state index contributed by atoms with van der Waals surface area (Å²) in [4.78, 5) is 26.2. The molecule has 1 amide bonds. The predicted octanol–water partition coefficient (Wildman–Crippen LogP) is 32.4. The van der Waals surface area contributed by atoms with Crippen LogP contribution >= 0.6 is 11.3 Å². The highest BCUT2D eigenvalue weighted by Crippen LogP contribution is 2.39. The first-order valence-corrected chi connectivity index (χ1v) is 47.6. The van der Waals surface area contributed by atoms with Gasteiger partial charge >= 0.3 is 0 Å². The molecule has 1 aliphatic heterocycles. The lowest BCUT2D eigenvalue weighted by Crippen LogP contribution is -2.17. The Morgan fingerprint density at radius 3 is 1.28 bits per heavy atom. The van der Waals surface area contributed by atoms with Crippen molar-refractivity contribution in [1.29, 1.82) is 0 Å². The molecule has 0 spiro atoms. The normalized spacial score (nSPS) is 12.7. The summed E-state index contributed by atoms with van der Waals surface area (Å²) in [5.74, 6) is 3.01. The number of carbonyl (C=O) groups is 1. The van der Waals surface area contributed by atoms with Gasteiger partial charge in [-0.3, -0.25) is 4.79 Å². The minimum Gasteiger partial charge on any atom is -0.486 e. The minimum atomic E-state index is -0.344. The fraction of sp³-hybridized carbons (Fsp3) is 0.356. The largest absolute Gasteiger partial charge is 0.486 e. The fourth-order valence-electron chi connectivity index (χ4n) is 14.0. The smallest absolute Gasteiger partial charge is 0.236 e. The molecule has 18 heteroatoms. The standard InChI is InChI=1S/C15H18.C14H19NO.C14H16.2C13H15FN2.C13H14FNO.C13H15NO.C12H16O2.C11H13NOS/c1-11-5-6-13-10-14(15(2,3)4)8-7-12(13)9-11;1-14(2,3)11-6-8-12(9-7-11)15-13(16)10-4-5-10;1-14(2,3)13-9-8-11-6-4-5-7-12(11)10-13;1-13(2,3)10-5-6-12(11(14)9-10)16-8-4-7-15-16;1-13(2,3)10-4-6-11(7-5-10)16-12(14)8-9-15-16;1-13(2,3)9-4-5-10(11(14)8-9)12-15-6-7-16-12;1-13(2,3)11-6-4-10(5-7-11)12-14-8-9-15-12;1-12(2,3)9-4-5-10-11(8-9)14-7-6-13-10;1-11(2,3)9-5-4-8(14-9)10-12-6-7-13-10/h5-10H,1-4H3;6-10H,4-5H2,1-3H3,(H,15,16);4-10H,1-3H3;2*4-9H,1-3H3;4-8H,1-3H3;4-9H,1-3H3;4-5,8H,6-7H2,1-3H3;4-7H,1-3H3. The number of hydrogen-bond acceptors (Lipinski definition) is 12. The van der Waals surface area contributed by atoms with E-state index < -0.39 is 0 Å². The minimum absolute atomic E-state index is 0.0382. The van der Waals surface area contributed by atoms with Crippen LogP contribution < -0.4 is 14.8 Å². The first-order valence-electron chi connectivity index (χ1n) is 46.8. The number of aryl methyl sites for hydroxylation is 1. The van der Waals surface area contributed by atoms with E-state index in [0.717, 1.165) is 57.3 Å². The number of fused-ring (bicyclic) bond motifs is 3. The molecule has 0 atom stereocenters. The predicted molar refractivity (Wildman–Crippen MR) is 557 cm³/mol. The molecule has 0 bridgehead atoms. The monoisotopic (exact) mass is 1860 g/mol. The number of thiophene rings is 1. The fourth-order valence-corrected chi connectivity index (χ4v) is 15.0. The molecule has 1 saturated carbocycles. The molecule has 0 radical (unpaired) electrons. The Morgan fingerprint density at radius 2 is 0.809 bits per heavy atom. The van der Waals surface area contributed by atoms with Crippen LogP contribution in [0, 0.1) is 30.4 Å². The van der Waals surface area contributed by atoms with Crippen LogP contribution in [-0.4, -0.2) is 53.6 Å². The van der Waals surface area contributed by atoms with Crippen LogP contribution in [0.5, 0.6) is 11.5 Å². The highest BCUT2D eigenvalue weighted by Gasteiger charge is 2.30. The molecule has 10 aromatic carbocycles. The summed E-state index contributed by atoms with van der Waals surface area (Å²) in [5, 5.41) is 16.2. The van der Waals surface area contributed by atoms with Gasteiger partial charge in [0.1, 0.15) is 49.3 Å². The molecule has 1 fully saturated rings. The number of anilines is 1. The molecule has 2 aliphatic rings. The van der Waals surface area contributed by atoms with E-state index >= 15 is 0 Å². The molecular formula is C118H141F3N8O6S. The zero-order valence-corrected chi connectivity index (χ0v) is 86.0. The third kappa shape index (κ3) is 31.2. The number of nitrogens with zero attached hydrogens (tertiary/aromatic N) is 7. The highest BCUT2D eigenvalue weighted by atomic mass is 32.1. The Labute approximate surface area is 810 Å². The van der Waals surface area contributed by atoms with E-state index in [1.807, 2.05) is 87.5 Å². The van der Waals surface area contributed by atoms with Gasteiger partial charge in [-0.2, -0.15) is 14.6 Å². The average molecular weight is 1860 g/mol. The third-order valence-corrected chi connectivity index (χ3v) is 24.4. The van der Waals surface area contributed by atoms with Crippen molar-refractivity contribution in [1.82, 2.24) is 34.5 Å². The van der Waals surface area contributed by atoms with Crippen molar-refractivity contribution in [3.05, 3.63) is 359 Å². The number of aromatic nitrogens is 7. The van der Waals surface area contributed by atoms with E-state index in [4.69, 9.17) is 22.7 Å². The van der Waals surface area contributed by atoms with Crippen molar-refractivity contribution in [2.75, 3.05) is 18.5 Å². The lowest BCUT2D eigenvalue weighted by molar-refractivity contribution is -0.117. The Balaban J connectivity index is 0.000000158. The zero-order chi connectivity index (χ0) is 99.5. The second kappa shape index (κ2) is 44.9. The van der Waals surface area contributed by atoms with Crippen LogP contribution in [-0.2, 0) is 53.5 Å². The van der Waals surface area contributed by atoms with Gasteiger partial charge in [-0.15, -0.1) is 11.3 Å². The number of rotatable bonds is 7. The zero-order valence-electron chi connectivity index (χ0n) is 85.2. The molecule has 7 heterocycles. The van der Waals surface area contributed by atoms with E-state index in [1.54, 1.807) is 79.0 Å². The Bertz CT molecular complexity index is 6330. The first-order chi connectivity index (χ1) is 63.7. The molecule has 0 unspecified atom stereocenters. The van der Waals surface area contributed by atoms with Crippen LogP contribution in [0.1, 0.15) is 255 Å². The third-order valence-electron chi connectivity index (χ3n) is 22.9. The summed E-state index contributed by atoms with van der Waals surface area (Å²) < 4.78 is 70.4. The summed E-state index contributed by atoms with van der Waals surface area (Å²) in [6.45, 7) is 62.1. The Morgan fingerprint density at radius 1 is 0.375 bits per heavy atom. The van der Waals surface area contributed by atoms with E-state index in [2.05, 4.69) is 331 Å². The van der Waals surface area contributed by atoms with Gasteiger partial charge in [-0.25, -0.2) is 33.1 Å². The SMILES string of the molecule is CC(C)(C)c1ccc(-c2ncco2)c(F)c1.CC(C)(C)c1ccc(-c2ncco2)cc1.CC(C)(C)c1ccc(-c2ncco2)s1.CC(C)(C)c1ccc(-n2cccn2)c(F)c1.CC(C)(C)c1ccc(-n2nccc2F)cc1.CC(C)(C)c1ccc(NC(=O)C2CC2)cc1.CC(C)(C)c1ccc2c(c1)OCCO2.CC(C)(C)c1ccc2ccccc2c1.Cc1ccc2cc(C(C)(C)C)ccc2c1. The van der Waals surface area contributed by atoms with Crippen molar-refractivity contribution in [3.8, 4) is 56.6 Å². The van der Waals surface area contributed by atoms with Crippen LogP contribution in [0.4, 0.5) is 18.9 Å². The lowest BCUT2D eigenvalue weighted by Gasteiger charge is -2.23. The Kier molecular flexibility index (Phi) is 34.8. The van der Waals surface area contributed by atoms with E-state index in [9.17, 15) is 18.0 Å². The molecule has 6 aromatic heterocycles. The number of oxazole rings is 3. The van der Waals surface area contributed by atoms with Crippen LogP contribution in [0.2, 0.25) is 0 Å². The number of hydrogen-bond donors (Lipinski definition) is 1. The molecule has 14 nitrogen and oxygen atoms in total. The highest BCUT2D eigenvalue weighted by molar-refractivity contribution is 7.15. The van der Waals surface area contributed by atoms with E-state index in [-0.39, 0.29) is 78.1 Å². The number of halogens is 3. The maximum atomic E-state index is 13.9. The van der Waals surface area contributed by atoms with E-state index in [1.165, 1.54) is 99.5 Å². The second-order valence-electron chi connectivity index (χ2n) is 43.8. The van der Waals surface area contributed by atoms with Crippen LogP contribution in [0.3, 0.4) is 0 Å². The number of benzene rings is 10. The number of carbonyl (C=O) groups excluding carboxylic acids is 1. The first kappa shape index (κ1) is 105. The van der Waals surface area contributed by atoms with Gasteiger partial charge < -0.3 is 28.0 Å². The molecule has 1 aliphatic carbocycles. The summed E-state index contributed by atoms with van der Waals surface area (Å²) in [6, 6.07) is 76.8. The number of amides is 1. The van der Waals surface area contributed by atoms with Crippen molar-refractivity contribution in [3.63, 3.8) is 0 Å². The van der Waals surface area contributed by atoms with Gasteiger partial charge in [0.25, 0.3) is 0 Å². The molecule has 716 valence electrons. The molecule has 136 heavy (non-hydrogen) atoms. The Hall–Kier alpha value is -12.7. The van der Waals surface area contributed by atoms with Gasteiger partial charge in [0.2, 0.25) is 29.5 Å². The molecule has 0 saturated heterocycles. The summed E-state index contributed by atoms with van der Waals surface area (Å²) in [5.41, 5.74) is 16.0. The van der Waals surface area contributed by atoms with Crippen LogP contribution in [0.15, 0.2) is 300 Å². The summed E-state index contributed by atoms with van der Waals surface area (Å²) in [6.07, 6.45) is 16.4. The molecular weight excluding hydrogens is 1710 g/mol. The average Bonchev–Trinajstić information content (AvgIpc) is 1.56. The second-order valence-corrected chi connectivity index (χ2v) is 44.8. The molecule has 16 aromatic rings. The van der Waals surface area contributed by atoms with Crippen molar-refractivity contribution in [2.24, 2.45) is 5.92 Å². The molecule has 18 rings (SSSR count). The van der Waals surface area contributed by atoms with Crippen LogP contribution in [0.25, 0.3) is 66.6 Å². The van der Waals surface area contributed by atoms with Crippen molar-refractivity contribution >= 4 is 44.5 Å². The lowest BCUT2D eigenvalue weighted by atomic mass is 9.86. The van der Waals surface area contributed by atoms with Gasteiger partial charge in [-0.05, 0) is 226 Å². The van der Waals surface area contributed by atoms with Crippen molar-refractivity contribution < 1.29 is 40.7 Å². The maximum Gasteiger partial charge on any atom is 0.236 e. The molecule has 1 N–H and O–H groups in total. The van der Waals surface area contributed by atoms with Gasteiger partial charge in [0.05, 0.1) is 40.9 Å². The number of ether oxygens (including phenoxy) is 2. The quantitative estimate of drug-likeness (QED) is 0.162. The maximum absolute atomic E-state index is 13.9. The number of nitrogens with one attached hydrogen (secondary N) is 1. The summed E-state index contributed by atoms with van der Waals surface area (Å²) in [7, 11) is 0. The van der Waals surface area contributed by atoms with Gasteiger partial charge in [0.15, 0.2) is 11.5 Å². The van der Waals surface area contributed by atoms with Gasteiger partial charge in [-0.1, -0.05) is 326 Å². The van der Waals surface area contributed by atoms with Gasteiger partial charge in [0, 0.05) is 40.5 Å². The summed E-state index contributed by atoms with van der Waals surface area (Å²) >= 11 is 1.74.